The van der Waals surface area contributed by atoms with Gasteiger partial charge in [0.1, 0.15) is 6.61 Å². The first-order valence-corrected chi connectivity index (χ1v) is 5.29. The van der Waals surface area contributed by atoms with Crippen molar-refractivity contribution in [3.8, 4) is 0 Å². The zero-order valence-electron chi connectivity index (χ0n) is 9.71. The van der Waals surface area contributed by atoms with Crippen LogP contribution in [0.4, 0.5) is 0 Å². The van der Waals surface area contributed by atoms with E-state index in [1.165, 1.54) is 0 Å². The van der Waals surface area contributed by atoms with Crippen molar-refractivity contribution in [1.29, 1.82) is 0 Å². The van der Waals surface area contributed by atoms with Crippen LogP contribution in [0, 0.1) is 5.92 Å². The monoisotopic (exact) mass is 202 g/mol. The molecule has 0 saturated heterocycles. The highest BCUT2D eigenvalue weighted by atomic mass is 16.6. The molecule has 0 amide bonds. The van der Waals surface area contributed by atoms with Crippen LogP contribution in [-0.4, -0.2) is 25.3 Å². The van der Waals surface area contributed by atoms with E-state index in [9.17, 15) is 4.79 Å². The fourth-order valence-corrected chi connectivity index (χ4v) is 0.918. The molecule has 0 aliphatic heterocycles. The third-order valence-electron chi connectivity index (χ3n) is 1.72. The topological polar surface area (TPSA) is 35.5 Å². The molecule has 0 aromatic carbocycles. The zero-order valence-corrected chi connectivity index (χ0v) is 9.71. The Labute approximate surface area is 86.8 Å². The van der Waals surface area contributed by atoms with E-state index in [1.807, 2.05) is 13.8 Å². The summed E-state index contributed by atoms with van der Waals surface area (Å²) in [5.74, 6) is 0.431. The molecule has 0 aromatic rings. The lowest BCUT2D eigenvalue weighted by Crippen LogP contribution is -2.13. The Morgan fingerprint density at radius 2 is 1.79 bits per heavy atom. The van der Waals surface area contributed by atoms with Crippen molar-refractivity contribution >= 4 is 5.97 Å². The lowest BCUT2D eigenvalue weighted by molar-refractivity contribution is -0.145. The van der Waals surface area contributed by atoms with Crippen LogP contribution >= 0.6 is 0 Å². The van der Waals surface area contributed by atoms with Crippen molar-refractivity contribution in [2.75, 3.05) is 13.2 Å². The Kier molecular flexibility index (Phi) is 7.48. The van der Waals surface area contributed by atoms with E-state index in [1.54, 1.807) is 0 Å². The molecule has 0 saturated carbocycles. The molecule has 14 heavy (non-hydrogen) atoms. The summed E-state index contributed by atoms with van der Waals surface area (Å²) in [5.41, 5.74) is 0. The first-order valence-electron chi connectivity index (χ1n) is 5.29. The Morgan fingerprint density at radius 1 is 1.14 bits per heavy atom. The van der Waals surface area contributed by atoms with Crippen molar-refractivity contribution in [3.05, 3.63) is 0 Å². The number of rotatable bonds is 7. The summed E-state index contributed by atoms with van der Waals surface area (Å²) < 4.78 is 10.2. The minimum absolute atomic E-state index is 0.119. The first kappa shape index (κ1) is 13.4. The van der Waals surface area contributed by atoms with E-state index in [0.29, 0.717) is 25.6 Å². The molecule has 0 unspecified atom stereocenters. The van der Waals surface area contributed by atoms with Gasteiger partial charge in [0, 0.05) is 6.42 Å². The summed E-state index contributed by atoms with van der Waals surface area (Å²) in [6, 6.07) is 0. The van der Waals surface area contributed by atoms with Crippen molar-refractivity contribution in [3.63, 3.8) is 0 Å². The fourth-order valence-electron chi connectivity index (χ4n) is 0.918. The zero-order chi connectivity index (χ0) is 11.0. The third-order valence-corrected chi connectivity index (χ3v) is 1.72. The molecule has 0 spiro atoms. The van der Waals surface area contributed by atoms with Gasteiger partial charge < -0.3 is 9.47 Å². The molecule has 84 valence electrons. The van der Waals surface area contributed by atoms with Crippen LogP contribution in [0.5, 0.6) is 0 Å². The molecule has 0 aliphatic rings. The highest BCUT2D eigenvalue weighted by Gasteiger charge is 2.04. The van der Waals surface area contributed by atoms with Gasteiger partial charge in [-0.2, -0.15) is 0 Å². The molecule has 0 aromatic heterocycles. The smallest absolute Gasteiger partial charge is 0.305 e. The molecular weight excluding hydrogens is 180 g/mol. The largest absolute Gasteiger partial charge is 0.463 e. The van der Waals surface area contributed by atoms with E-state index >= 15 is 0 Å². The normalized spacial score (nSPS) is 11.0. The van der Waals surface area contributed by atoms with Crippen LogP contribution < -0.4 is 0 Å². The Hall–Kier alpha value is -0.570. The van der Waals surface area contributed by atoms with Gasteiger partial charge in [-0.15, -0.1) is 0 Å². The predicted molar refractivity (Wildman–Crippen MR) is 56.1 cm³/mol. The van der Waals surface area contributed by atoms with Gasteiger partial charge in [0.25, 0.3) is 0 Å². The quantitative estimate of drug-likeness (QED) is 0.469. The Balaban J connectivity index is 3.27. The van der Waals surface area contributed by atoms with Gasteiger partial charge in [-0.1, -0.05) is 13.8 Å². The maximum Gasteiger partial charge on any atom is 0.305 e. The van der Waals surface area contributed by atoms with Crippen LogP contribution in [0.15, 0.2) is 0 Å². The summed E-state index contributed by atoms with van der Waals surface area (Å²) in [5, 5.41) is 0. The molecule has 3 heteroatoms. The van der Waals surface area contributed by atoms with Crippen LogP contribution in [0.3, 0.4) is 0 Å². The predicted octanol–water partition coefficient (Wildman–Crippen LogP) is 2.39. The summed E-state index contributed by atoms with van der Waals surface area (Å²) in [7, 11) is 0. The minimum atomic E-state index is -0.119. The lowest BCUT2D eigenvalue weighted by Gasteiger charge is -2.08. The average molecular weight is 202 g/mol. The SMILES string of the molecule is CC(C)CCC(=O)OCCOC(C)C. The van der Waals surface area contributed by atoms with Gasteiger partial charge in [0.05, 0.1) is 12.7 Å². The van der Waals surface area contributed by atoms with Crippen molar-refractivity contribution in [2.24, 2.45) is 5.92 Å². The Bertz CT molecular complexity index is 153. The highest BCUT2D eigenvalue weighted by Crippen LogP contribution is 2.04. The average Bonchev–Trinajstić information content (AvgIpc) is 2.08. The molecule has 0 bridgehead atoms. The third kappa shape index (κ3) is 9.52. The van der Waals surface area contributed by atoms with Crippen molar-refractivity contribution in [2.45, 2.75) is 46.6 Å². The summed E-state index contributed by atoms with van der Waals surface area (Å²) >= 11 is 0. The van der Waals surface area contributed by atoms with Gasteiger partial charge >= 0.3 is 5.97 Å². The second-order valence-electron chi connectivity index (χ2n) is 4.07. The Morgan fingerprint density at radius 3 is 2.29 bits per heavy atom. The molecule has 0 N–H and O–H groups in total. The number of esters is 1. The van der Waals surface area contributed by atoms with Crippen molar-refractivity contribution in [1.82, 2.24) is 0 Å². The number of carbonyl (C=O) groups excluding carboxylic acids is 1. The van der Waals surface area contributed by atoms with E-state index in [0.717, 1.165) is 6.42 Å². The van der Waals surface area contributed by atoms with Gasteiger partial charge in [-0.05, 0) is 26.2 Å². The van der Waals surface area contributed by atoms with E-state index in [2.05, 4.69) is 13.8 Å². The maximum atomic E-state index is 11.1. The molecular formula is C11H22O3. The van der Waals surface area contributed by atoms with Gasteiger partial charge in [-0.3, -0.25) is 4.79 Å². The highest BCUT2D eigenvalue weighted by molar-refractivity contribution is 5.69. The molecule has 3 nitrogen and oxygen atoms in total. The number of ether oxygens (including phenoxy) is 2. The van der Waals surface area contributed by atoms with Gasteiger partial charge in [-0.25, -0.2) is 0 Å². The number of hydrogen-bond acceptors (Lipinski definition) is 3. The second-order valence-corrected chi connectivity index (χ2v) is 4.07. The number of hydrogen-bond donors (Lipinski definition) is 0. The maximum absolute atomic E-state index is 11.1. The van der Waals surface area contributed by atoms with Crippen molar-refractivity contribution < 1.29 is 14.3 Å². The summed E-state index contributed by atoms with van der Waals surface area (Å²) in [4.78, 5) is 11.1. The fraction of sp³-hybridized carbons (Fsp3) is 0.909. The summed E-state index contributed by atoms with van der Waals surface area (Å²) in [6.45, 7) is 8.96. The lowest BCUT2D eigenvalue weighted by atomic mass is 10.1. The molecule has 0 atom stereocenters. The second kappa shape index (κ2) is 7.80. The van der Waals surface area contributed by atoms with Crippen LogP contribution in [0.2, 0.25) is 0 Å². The summed E-state index contributed by atoms with van der Waals surface area (Å²) in [6.07, 6.45) is 1.60. The molecule has 0 fully saturated rings. The molecule has 0 heterocycles. The van der Waals surface area contributed by atoms with E-state index < -0.39 is 0 Å². The molecule has 0 aliphatic carbocycles. The molecule has 0 rings (SSSR count). The van der Waals surface area contributed by atoms with E-state index in [-0.39, 0.29) is 12.1 Å². The van der Waals surface area contributed by atoms with E-state index in [4.69, 9.17) is 9.47 Å². The van der Waals surface area contributed by atoms with Crippen LogP contribution in [0.25, 0.3) is 0 Å². The standard InChI is InChI=1S/C11H22O3/c1-9(2)5-6-11(12)14-8-7-13-10(3)4/h9-10H,5-8H2,1-4H3. The molecule has 0 radical (unpaired) electrons. The first-order chi connectivity index (χ1) is 6.52. The number of carbonyl (C=O) groups is 1. The van der Waals surface area contributed by atoms with Gasteiger partial charge in [0.2, 0.25) is 0 Å². The minimum Gasteiger partial charge on any atom is -0.463 e. The van der Waals surface area contributed by atoms with Crippen LogP contribution in [0.1, 0.15) is 40.5 Å². The van der Waals surface area contributed by atoms with Crippen LogP contribution in [-0.2, 0) is 14.3 Å². The van der Waals surface area contributed by atoms with Gasteiger partial charge in [0.15, 0.2) is 0 Å².